The molecule has 2 aromatic rings. The molecule has 1 saturated heterocycles. The number of urea groups is 1. The number of sulfonamides is 1. The number of hydrogen-bond donors (Lipinski definition) is 2. The summed E-state index contributed by atoms with van der Waals surface area (Å²) < 4.78 is 26.6. The first-order valence-electron chi connectivity index (χ1n) is 9.47. The quantitative estimate of drug-likeness (QED) is 0.734. The van der Waals surface area contributed by atoms with E-state index in [0.29, 0.717) is 37.8 Å². The van der Waals surface area contributed by atoms with Crippen molar-refractivity contribution in [2.24, 2.45) is 0 Å². The van der Waals surface area contributed by atoms with Gasteiger partial charge in [-0.25, -0.2) is 23.2 Å². The lowest BCUT2D eigenvalue weighted by molar-refractivity contribution is 0.252. The summed E-state index contributed by atoms with van der Waals surface area (Å²) in [6.07, 6.45) is 3.33. The summed E-state index contributed by atoms with van der Waals surface area (Å²) in [5, 5.41) is 5.33. The first kappa shape index (κ1) is 21.0. The molecule has 1 aliphatic heterocycles. The van der Waals surface area contributed by atoms with Crippen LogP contribution in [0.3, 0.4) is 0 Å². The molecule has 29 heavy (non-hydrogen) atoms. The van der Waals surface area contributed by atoms with Crippen molar-refractivity contribution in [2.45, 2.75) is 13.8 Å². The third-order valence-electron chi connectivity index (χ3n) is 4.88. The average molecular weight is 419 g/mol. The molecule has 0 aliphatic carbocycles. The number of nitrogens with one attached hydrogen (secondary N) is 2. The molecule has 3 rings (SSSR count). The van der Waals surface area contributed by atoms with E-state index in [1.54, 1.807) is 18.5 Å². The predicted molar refractivity (Wildman–Crippen MR) is 113 cm³/mol. The van der Waals surface area contributed by atoms with Crippen molar-refractivity contribution in [1.29, 1.82) is 0 Å². The molecule has 1 aromatic carbocycles. The van der Waals surface area contributed by atoms with E-state index in [-0.39, 0.29) is 12.3 Å². The van der Waals surface area contributed by atoms with E-state index < -0.39 is 16.1 Å². The molecule has 1 fully saturated rings. The van der Waals surface area contributed by atoms with Gasteiger partial charge in [-0.3, -0.25) is 0 Å². The number of hydrogen-bond acceptors (Lipinski definition) is 6. The highest BCUT2D eigenvalue weighted by atomic mass is 32.2. The minimum absolute atomic E-state index is 0.0427. The Labute approximate surface area is 171 Å². The van der Waals surface area contributed by atoms with Gasteiger partial charge in [0.15, 0.2) is 0 Å². The summed E-state index contributed by atoms with van der Waals surface area (Å²) in [7, 11) is -3.45. The third-order valence-corrected chi connectivity index (χ3v) is 6.75. The molecule has 0 saturated carbocycles. The van der Waals surface area contributed by atoms with Crippen molar-refractivity contribution >= 4 is 27.7 Å². The molecule has 0 atom stereocenters. The number of anilines is 2. The van der Waals surface area contributed by atoms with E-state index >= 15 is 0 Å². The van der Waals surface area contributed by atoms with Crippen molar-refractivity contribution < 1.29 is 13.2 Å². The minimum Gasteiger partial charge on any atom is -0.338 e. The van der Waals surface area contributed by atoms with Crippen molar-refractivity contribution in [3.05, 3.63) is 47.8 Å². The van der Waals surface area contributed by atoms with Crippen molar-refractivity contribution in [1.82, 2.24) is 19.6 Å². The second kappa shape index (κ2) is 9.19. The lowest BCUT2D eigenvalue weighted by Crippen LogP contribution is -2.50. The Morgan fingerprint density at radius 3 is 2.41 bits per heavy atom. The van der Waals surface area contributed by atoms with Crippen LogP contribution in [-0.4, -0.2) is 67.2 Å². The number of carbonyl (C=O) groups excluding carboxylic acids is 1. The van der Waals surface area contributed by atoms with Crippen LogP contribution in [0, 0.1) is 13.8 Å². The fourth-order valence-electron chi connectivity index (χ4n) is 3.04. The molecule has 2 N–H and O–H groups in total. The predicted octanol–water partition coefficient (Wildman–Crippen LogP) is 1.37. The van der Waals surface area contributed by atoms with Gasteiger partial charge < -0.3 is 15.5 Å². The van der Waals surface area contributed by atoms with Crippen LogP contribution in [0.2, 0.25) is 0 Å². The van der Waals surface area contributed by atoms with Gasteiger partial charge in [0.25, 0.3) is 0 Å². The maximum Gasteiger partial charge on any atom is 0.319 e. The Balaban J connectivity index is 1.44. The SMILES string of the molecule is Cc1ccc(NC(=O)NCCS(=O)(=O)N2CCN(c3ncccn3)CC2)cc1C. The maximum atomic E-state index is 12.6. The van der Waals surface area contributed by atoms with Gasteiger partial charge in [0.2, 0.25) is 16.0 Å². The van der Waals surface area contributed by atoms with Gasteiger partial charge in [0.05, 0.1) is 5.75 Å². The number of carbonyl (C=O) groups is 1. The number of piperazine rings is 1. The average Bonchev–Trinajstić information content (AvgIpc) is 2.71. The van der Waals surface area contributed by atoms with E-state index in [0.717, 1.165) is 11.1 Å². The van der Waals surface area contributed by atoms with Gasteiger partial charge in [0.1, 0.15) is 0 Å². The first-order chi connectivity index (χ1) is 13.8. The second-order valence-electron chi connectivity index (χ2n) is 6.93. The van der Waals surface area contributed by atoms with Gasteiger partial charge in [-0.1, -0.05) is 6.07 Å². The molecular formula is C19H26N6O3S. The maximum absolute atomic E-state index is 12.6. The molecule has 1 aromatic heterocycles. The molecule has 9 nitrogen and oxygen atoms in total. The number of rotatable bonds is 6. The van der Waals surface area contributed by atoms with Crippen molar-refractivity contribution in [3.63, 3.8) is 0 Å². The number of aromatic nitrogens is 2. The molecule has 2 heterocycles. The fraction of sp³-hybridized carbons (Fsp3) is 0.421. The van der Waals surface area contributed by atoms with Crippen LogP contribution in [0.1, 0.15) is 11.1 Å². The fourth-order valence-corrected chi connectivity index (χ4v) is 4.38. The summed E-state index contributed by atoms with van der Waals surface area (Å²) in [5.74, 6) is 0.462. The number of benzene rings is 1. The molecule has 0 unspecified atom stereocenters. The first-order valence-corrected chi connectivity index (χ1v) is 11.1. The van der Waals surface area contributed by atoms with E-state index in [2.05, 4.69) is 20.6 Å². The highest BCUT2D eigenvalue weighted by Gasteiger charge is 2.27. The summed E-state index contributed by atoms with van der Waals surface area (Å²) >= 11 is 0. The van der Waals surface area contributed by atoms with Crippen LogP contribution < -0.4 is 15.5 Å². The van der Waals surface area contributed by atoms with Crippen LogP contribution in [0.4, 0.5) is 16.4 Å². The Morgan fingerprint density at radius 2 is 1.76 bits per heavy atom. The molecule has 0 bridgehead atoms. The van der Waals surface area contributed by atoms with E-state index in [1.165, 1.54) is 4.31 Å². The second-order valence-corrected chi connectivity index (χ2v) is 9.02. The number of amides is 2. The van der Waals surface area contributed by atoms with Gasteiger partial charge >= 0.3 is 6.03 Å². The Kier molecular flexibility index (Phi) is 6.65. The number of nitrogens with zero attached hydrogens (tertiary/aromatic N) is 4. The molecule has 156 valence electrons. The monoisotopic (exact) mass is 418 g/mol. The Morgan fingerprint density at radius 1 is 1.07 bits per heavy atom. The molecule has 2 amide bonds. The smallest absolute Gasteiger partial charge is 0.319 e. The zero-order valence-corrected chi connectivity index (χ0v) is 17.4. The molecule has 10 heteroatoms. The Bertz CT molecular complexity index is 944. The third kappa shape index (κ3) is 5.64. The van der Waals surface area contributed by atoms with Gasteiger partial charge in [-0.2, -0.15) is 4.31 Å². The normalized spacial score (nSPS) is 15.2. The van der Waals surface area contributed by atoms with E-state index in [4.69, 9.17) is 0 Å². The topological polar surface area (TPSA) is 108 Å². The molecule has 0 spiro atoms. The summed E-state index contributed by atoms with van der Waals surface area (Å²) in [6.45, 7) is 5.81. The van der Waals surface area contributed by atoms with Crippen molar-refractivity contribution in [3.8, 4) is 0 Å². The van der Waals surface area contributed by atoms with Gasteiger partial charge in [-0.05, 0) is 43.2 Å². The van der Waals surface area contributed by atoms with Crippen molar-refractivity contribution in [2.75, 3.05) is 48.7 Å². The van der Waals surface area contributed by atoms with Crippen LogP contribution in [0.15, 0.2) is 36.7 Å². The van der Waals surface area contributed by atoms with Crippen LogP contribution in [-0.2, 0) is 10.0 Å². The minimum atomic E-state index is -3.45. The molecular weight excluding hydrogens is 392 g/mol. The van der Waals surface area contributed by atoms with Crippen LogP contribution in [0.5, 0.6) is 0 Å². The van der Waals surface area contributed by atoms with E-state index in [1.807, 2.05) is 36.9 Å². The standard InChI is InChI=1S/C19H26N6O3S/c1-15-4-5-17(14-16(15)2)23-19(26)22-8-13-29(27,28)25-11-9-24(10-12-25)18-20-6-3-7-21-18/h3-7,14H,8-13H2,1-2H3,(H2,22,23,26). The van der Waals surface area contributed by atoms with E-state index in [9.17, 15) is 13.2 Å². The van der Waals surface area contributed by atoms with Gasteiger partial charge in [-0.15, -0.1) is 0 Å². The molecule has 0 radical (unpaired) electrons. The summed E-state index contributed by atoms with van der Waals surface area (Å²) in [4.78, 5) is 22.4. The Hall–Kier alpha value is -2.72. The zero-order valence-electron chi connectivity index (χ0n) is 16.6. The van der Waals surface area contributed by atoms with Crippen LogP contribution >= 0.6 is 0 Å². The lowest BCUT2D eigenvalue weighted by atomic mass is 10.1. The highest BCUT2D eigenvalue weighted by Crippen LogP contribution is 2.14. The molecule has 1 aliphatic rings. The number of aryl methyl sites for hydroxylation is 2. The van der Waals surface area contributed by atoms with Crippen LogP contribution in [0.25, 0.3) is 0 Å². The van der Waals surface area contributed by atoms with Gasteiger partial charge in [0, 0.05) is 50.8 Å². The summed E-state index contributed by atoms with van der Waals surface area (Å²) in [5.41, 5.74) is 2.89. The lowest BCUT2D eigenvalue weighted by Gasteiger charge is -2.33. The highest BCUT2D eigenvalue weighted by molar-refractivity contribution is 7.89. The largest absolute Gasteiger partial charge is 0.338 e. The zero-order chi connectivity index (χ0) is 20.9. The summed E-state index contributed by atoms with van der Waals surface area (Å²) in [6, 6.07) is 6.94.